The molecule has 0 aromatic heterocycles. The number of thioether (sulfide) groups is 1. The predicted octanol–water partition coefficient (Wildman–Crippen LogP) is 2.01. The number of hydrogen-bond donors (Lipinski definition) is 1. The molecule has 2 amide bonds. The zero-order valence-electron chi connectivity index (χ0n) is 13.7. The topological polar surface area (TPSA) is 58.6 Å². The minimum atomic E-state index is -0.308. The summed E-state index contributed by atoms with van der Waals surface area (Å²) in [6, 6.07) is -0.308. The lowest BCUT2D eigenvalue weighted by Gasteiger charge is -2.34. The highest BCUT2D eigenvalue weighted by atomic mass is 32.2. The van der Waals surface area contributed by atoms with Crippen molar-refractivity contribution in [2.75, 3.05) is 26.0 Å². The number of carbonyl (C=O) groups excluding carboxylic acids is 2. The molecule has 6 heteroatoms. The molecule has 0 aromatic rings. The third-order valence-corrected chi connectivity index (χ3v) is 6.04. The lowest BCUT2D eigenvalue weighted by Crippen LogP contribution is -2.51. The summed E-state index contributed by atoms with van der Waals surface area (Å²) in [5, 5.41) is 3.13. The van der Waals surface area contributed by atoms with Gasteiger partial charge in [-0.3, -0.25) is 9.59 Å². The van der Waals surface area contributed by atoms with Gasteiger partial charge in [-0.25, -0.2) is 0 Å². The number of nitrogens with zero attached hydrogens (tertiary/aromatic N) is 1. The molecule has 2 atom stereocenters. The van der Waals surface area contributed by atoms with Crippen LogP contribution in [0, 0.1) is 5.92 Å². The van der Waals surface area contributed by atoms with Gasteiger partial charge in [0, 0.05) is 32.9 Å². The van der Waals surface area contributed by atoms with Crippen LogP contribution < -0.4 is 5.32 Å². The molecule has 2 unspecified atom stereocenters. The zero-order valence-corrected chi connectivity index (χ0v) is 14.5. The van der Waals surface area contributed by atoms with Crippen molar-refractivity contribution >= 4 is 23.6 Å². The van der Waals surface area contributed by atoms with Crippen LogP contribution in [0.1, 0.15) is 45.4 Å². The fourth-order valence-electron chi connectivity index (χ4n) is 3.46. The van der Waals surface area contributed by atoms with Crippen molar-refractivity contribution in [1.82, 2.24) is 10.2 Å². The molecule has 2 aliphatic rings. The van der Waals surface area contributed by atoms with E-state index in [9.17, 15) is 9.59 Å². The third-order valence-electron chi connectivity index (χ3n) is 4.58. The van der Waals surface area contributed by atoms with Crippen LogP contribution in [0.2, 0.25) is 0 Å². The Labute approximate surface area is 137 Å². The fraction of sp³-hybridized carbons (Fsp3) is 0.875. The number of carbonyl (C=O) groups is 2. The Kier molecular flexibility index (Phi) is 7.02. The van der Waals surface area contributed by atoms with Gasteiger partial charge in [0.1, 0.15) is 6.04 Å². The van der Waals surface area contributed by atoms with Gasteiger partial charge >= 0.3 is 0 Å². The first-order valence-electron chi connectivity index (χ1n) is 8.32. The summed E-state index contributed by atoms with van der Waals surface area (Å²) in [5.74, 6) is 1.28. The molecule has 0 spiro atoms. The molecule has 5 nitrogen and oxygen atoms in total. The van der Waals surface area contributed by atoms with Crippen LogP contribution in [0.3, 0.4) is 0 Å². The molecular weight excluding hydrogens is 300 g/mol. The Morgan fingerprint density at radius 2 is 2.00 bits per heavy atom. The van der Waals surface area contributed by atoms with Crippen molar-refractivity contribution in [2.24, 2.45) is 5.92 Å². The maximum Gasteiger partial charge on any atom is 0.243 e. The molecule has 1 N–H and O–H groups in total. The average molecular weight is 328 g/mol. The maximum absolute atomic E-state index is 12.4. The molecule has 0 radical (unpaired) electrons. The highest BCUT2D eigenvalue weighted by molar-refractivity contribution is 8.00. The molecular formula is C16H28N2O3S. The van der Waals surface area contributed by atoms with Crippen LogP contribution in [0.25, 0.3) is 0 Å². The van der Waals surface area contributed by atoms with E-state index in [-0.39, 0.29) is 23.2 Å². The molecule has 126 valence electrons. The third kappa shape index (κ3) is 4.38. The zero-order chi connectivity index (χ0) is 15.9. The molecule has 0 aromatic carbocycles. The number of methoxy groups -OCH3 is 1. The van der Waals surface area contributed by atoms with Gasteiger partial charge in [-0.15, -0.1) is 11.8 Å². The molecule has 0 bridgehead atoms. The van der Waals surface area contributed by atoms with Gasteiger partial charge in [0.05, 0.1) is 5.37 Å². The summed E-state index contributed by atoms with van der Waals surface area (Å²) >= 11 is 1.79. The molecule has 1 saturated carbocycles. The van der Waals surface area contributed by atoms with Gasteiger partial charge in [0.15, 0.2) is 0 Å². The van der Waals surface area contributed by atoms with Gasteiger partial charge in [-0.05, 0) is 25.2 Å². The summed E-state index contributed by atoms with van der Waals surface area (Å²) in [7, 11) is 1.65. The molecule has 1 heterocycles. The number of ether oxygens (including phenoxy) is 1. The standard InChI is InChI=1S/C16H28N2O3S/c1-12(19)18-14(15(20)17-9-6-10-21-2)11-22-16(18)13-7-4-3-5-8-13/h13-14,16H,3-11H2,1-2H3,(H,17,20). The minimum absolute atomic E-state index is 0.0166. The Morgan fingerprint density at radius 3 is 2.64 bits per heavy atom. The maximum atomic E-state index is 12.4. The molecule has 2 fully saturated rings. The second-order valence-electron chi connectivity index (χ2n) is 6.20. The number of rotatable bonds is 6. The van der Waals surface area contributed by atoms with E-state index in [0.29, 0.717) is 19.1 Å². The largest absolute Gasteiger partial charge is 0.385 e. The van der Waals surface area contributed by atoms with E-state index < -0.39 is 0 Å². The summed E-state index contributed by atoms with van der Waals surface area (Å²) in [5.41, 5.74) is 0. The van der Waals surface area contributed by atoms with Crippen molar-refractivity contribution in [3.63, 3.8) is 0 Å². The number of nitrogens with one attached hydrogen (secondary N) is 1. The lowest BCUT2D eigenvalue weighted by atomic mass is 9.88. The molecule has 2 rings (SSSR count). The average Bonchev–Trinajstić information content (AvgIpc) is 2.97. The predicted molar refractivity (Wildman–Crippen MR) is 88.6 cm³/mol. The fourth-order valence-corrected chi connectivity index (χ4v) is 5.15. The van der Waals surface area contributed by atoms with Gasteiger partial charge in [0.2, 0.25) is 11.8 Å². The van der Waals surface area contributed by atoms with E-state index >= 15 is 0 Å². The van der Waals surface area contributed by atoms with Crippen LogP contribution in [0.4, 0.5) is 0 Å². The van der Waals surface area contributed by atoms with E-state index in [1.807, 2.05) is 4.90 Å². The molecule has 22 heavy (non-hydrogen) atoms. The van der Waals surface area contributed by atoms with E-state index in [0.717, 1.165) is 12.2 Å². The van der Waals surface area contributed by atoms with E-state index in [2.05, 4.69) is 5.32 Å². The summed E-state index contributed by atoms with van der Waals surface area (Å²) in [4.78, 5) is 26.3. The summed E-state index contributed by atoms with van der Waals surface area (Å²) in [6.45, 7) is 2.83. The van der Waals surface area contributed by atoms with Crippen molar-refractivity contribution < 1.29 is 14.3 Å². The molecule has 1 aliphatic heterocycles. The second kappa shape index (κ2) is 8.77. The van der Waals surface area contributed by atoms with E-state index in [1.54, 1.807) is 25.8 Å². The van der Waals surface area contributed by atoms with Gasteiger partial charge < -0.3 is 15.0 Å². The first-order valence-corrected chi connectivity index (χ1v) is 9.37. The first-order chi connectivity index (χ1) is 10.6. The summed E-state index contributed by atoms with van der Waals surface area (Å²) < 4.78 is 4.98. The Bertz CT molecular complexity index is 386. The van der Waals surface area contributed by atoms with Crippen molar-refractivity contribution in [1.29, 1.82) is 0 Å². The second-order valence-corrected chi connectivity index (χ2v) is 7.35. The number of amides is 2. The number of hydrogen-bond acceptors (Lipinski definition) is 4. The monoisotopic (exact) mass is 328 g/mol. The van der Waals surface area contributed by atoms with E-state index in [4.69, 9.17) is 4.74 Å². The summed E-state index contributed by atoms with van der Waals surface area (Å²) in [6.07, 6.45) is 6.97. The molecule has 1 saturated heterocycles. The van der Waals surface area contributed by atoms with Gasteiger partial charge in [-0.2, -0.15) is 0 Å². The Morgan fingerprint density at radius 1 is 1.27 bits per heavy atom. The van der Waals surface area contributed by atoms with Crippen molar-refractivity contribution in [3.8, 4) is 0 Å². The van der Waals surface area contributed by atoms with Crippen LogP contribution >= 0.6 is 11.8 Å². The normalized spacial score (nSPS) is 26.2. The van der Waals surface area contributed by atoms with Gasteiger partial charge in [-0.1, -0.05) is 19.3 Å². The Balaban J connectivity index is 1.93. The van der Waals surface area contributed by atoms with Crippen molar-refractivity contribution in [3.05, 3.63) is 0 Å². The SMILES string of the molecule is COCCCNC(=O)C1CSC(C2CCCCC2)N1C(C)=O. The van der Waals surface area contributed by atoms with E-state index in [1.165, 1.54) is 32.1 Å². The van der Waals surface area contributed by atoms with Crippen LogP contribution in [0.15, 0.2) is 0 Å². The molecule has 1 aliphatic carbocycles. The van der Waals surface area contributed by atoms with Gasteiger partial charge in [0.25, 0.3) is 0 Å². The quantitative estimate of drug-likeness (QED) is 0.758. The smallest absolute Gasteiger partial charge is 0.243 e. The van der Waals surface area contributed by atoms with Crippen molar-refractivity contribution in [2.45, 2.75) is 56.9 Å². The van der Waals surface area contributed by atoms with Crippen LogP contribution in [-0.4, -0.2) is 54.1 Å². The highest BCUT2D eigenvalue weighted by Gasteiger charge is 2.43. The van der Waals surface area contributed by atoms with Crippen LogP contribution in [0.5, 0.6) is 0 Å². The lowest BCUT2D eigenvalue weighted by molar-refractivity contribution is -0.139. The van der Waals surface area contributed by atoms with Crippen LogP contribution in [-0.2, 0) is 14.3 Å². The minimum Gasteiger partial charge on any atom is -0.385 e. The first kappa shape index (κ1) is 17.6. The Hall–Kier alpha value is -0.750. The highest BCUT2D eigenvalue weighted by Crippen LogP contribution is 2.40.